The molecule has 0 fully saturated rings. The second kappa shape index (κ2) is 5.73. The van der Waals surface area contributed by atoms with Crippen molar-refractivity contribution in [1.82, 2.24) is 10.3 Å². The van der Waals surface area contributed by atoms with Crippen molar-refractivity contribution in [2.75, 3.05) is 6.54 Å². The van der Waals surface area contributed by atoms with Crippen molar-refractivity contribution in [1.29, 1.82) is 0 Å². The number of aromatic amines is 1. The Morgan fingerprint density at radius 2 is 2.21 bits per heavy atom. The highest BCUT2D eigenvalue weighted by atomic mass is 16.4. The number of fused-ring (bicyclic) bond motifs is 1. The molecule has 0 aliphatic heterocycles. The van der Waals surface area contributed by atoms with Gasteiger partial charge < -0.3 is 9.73 Å². The second-order valence-corrected chi connectivity index (χ2v) is 5.04. The van der Waals surface area contributed by atoms with Gasteiger partial charge in [-0.05, 0) is 30.0 Å². The topological polar surface area (TPSA) is 75.1 Å². The molecule has 5 nitrogen and oxygen atoms in total. The second-order valence-electron chi connectivity index (χ2n) is 5.04. The number of amides is 1. The van der Waals surface area contributed by atoms with E-state index < -0.39 is 5.76 Å². The van der Waals surface area contributed by atoms with Crippen LogP contribution in [0.3, 0.4) is 0 Å². The molecule has 0 radical (unpaired) electrons. The van der Waals surface area contributed by atoms with E-state index in [4.69, 9.17) is 4.42 Å². The molecule has 0 spiro atoms. The summed E-state index contributed by atoms with van der Waals surface area (Å²) in [6, 6.07) is 5.46. The summed E-state index contributed by atoms with van der Waals surface area (Å²) in [4.78, 5) is 25.2. The molecule has 0 unspecified atom stereocenters. The van der Waals surface area contributed by atoms with E-state index in [9.17, 15) is 9.59 Å². The molecule has 5 heteroatoms. The Morgan fingerprint density at radius 1 is 1.42 bits per heavy atom. The molecule has 2 N–H and O–H groups in total. The molecule has 19 heavy (non-hydrogen) atoms. The summed E-state index contributed by atoms with van der Waals surface area (Å²) in [6.07, 6.45) is 1.09. The Morgan fingerprint density at radius 3 is 2.95 bits per heavy atom. The molecule has 0 saturated carbocycles. The zero-order valence-corrected chi connectivity index (χ0v) is 11.2. The Labute approximate surface area is 111 Å². The zero-order valence-electron chi connectivity index (χ0n) is 11.2. The first-order chi connectivity index (χ1) is 9.04. The smallest absolute Gasteiger partial charge is 0.408 e. The average Bonchev–Trinajstić information content (AvgIpc) is 2.73. The fourth-order valence-corrected chi connectivity index (χ4v) is 1.82. The lowest BCUT2D eigenvalue weighted by molar-refractivity contribution is -0.121. The van der Waals surface area contributed by atoms with Gasteiger partial charge in [0, 0.05) is 13.0 Å². The van der Waals surface area contributed by atoms with Gasteiger partial charge in [-0.3, -0.25) is 9.78 Å². The Bertz CT molecular complexity index is 625. The maximum absolute atomic E-state index is 11.6. The van der Waals surface area contributed by atoms with Crippen LogP contribution < -0.4 is 11.1 Å². The van der Waals surface area contributed by atoms with Gasteiger partial charge in [0.05, 0.1) is 5.52 Å². The monoisotopic (exact) mass is 262 g/mol. The van der Waals surface area contributed by atoms with Gasteiger partial charge in [-0.2, -0.15) is 0 Å². The number of aryl methyl sites for hydroxylation is 1. The number of hydrogen-bond acceptors (Lipinski definition) is 3. The minimum Gasteiger partial charge on any atom is -0.408 e. The van der Waals surface area contributed by atoms with E-state index in [2.05, 4.69) is 24.1 Å². The first-order valence-electron chi connectivity index (χ1n) is 6.43. The number of carbonyl (C=O) groups is 1. The summed E-state index contributed by atoms with van der Waals surface area (Å²) in [5.41, 5.74) is 2.22. The number of H-pyrrole nitrogens is 1. The summed E-state index contributed by atoms with van der Waals surface area (Å²) in [5, 5.41) is 2.88. The van der Waals surface area contributed by atoms with Crippen molar-refractivity contribution in [3.63, 3.8) is 0 Å². The van der Waals surface area contributed by atoms with E-state index in [1.165, 1.54) is 0 Å². The van der Waals surface area contributed by atoms with Gasteiger partial charge in [0.2, 0.25) is 5.91 Å². The van der Waals surface area contributed by atoms with Crippen molar-refractivity contribution in [2.45, 2.75) is 26.7 Å². The highest BCUT2D eigenvalue weighted by Gasteiger charge is 2.05. The summed E-state index contributed by atoms with van der Waals surface area (Å²) in [6.45, 7) is 4.82. The van der Waals surface area contributed by atoms with Crippen LogP contribution in [0.5, 0.6) is 0 Å². The van der Waals surface area contributed by atoms with E-state index in [0.29, 0.717) is 36.4 Å². The molecule has 102 valence electrons. The Hall–Kier alpha value is -2.04. The minimum atomic E-state index is -0.457. The third kappa shape index (κ3) is 3.71. The van der Waals surface area contributed by atoms with Crippen LogP contribution in [0.4, 0.5) is 0 Å². The molecular weight excluding hydrogens is 244 g/mol. The lowest BCUT2D eigenvalue weighted by Crippen LogP contribution is -2.27. The van der Waals surface area contributed by atoms with Gasteiger partial charge >= 0.3 is 5.76 Å². The average molecular weight is 262 g/mol. The van der Waals surface area contributed by atoms with Crippen LogP contribution in [0.2, 0.25) is 0 Å². The summed E-state index contributed by atoms with van der Waals surface area (Å²) < 4.78 is 4.92. The van der Waals surface area contributed by atoms with E-state index in [1.54, 1.807) is 6.07 Å². The van der Waals surface area contributed by atoms with Crippen molar-refractivity contribution < 1.29 is 9.21 Å². The third-order valence-corrected chi connectivity index (χ3v) is 2.83. The van der Waals surface area contributed by atoms with Gasteiger partial charge in [-0.25, -0.2) is 4.79 Å². The van der Waals surface area contributed by atoms with E-state index >= 15 is 0 Å². The number of carbonyl (C=O) groups excluding carboxylic acids is 1. The van der Waals surface area contributed by atoms with Crippen LogP contribution in [0.25, 0.3) is 11.1 Å². The van der Waals surface area contributed by atoms with Crippen LogP contribution in [0, 0.1) is 5.92 Å². The van der Waals surface area contributed by atoms with Crippen LogP contribution >= 0.6 is 0 Å². The molecule has 0 aliphatic rings. The number of benzene rings is 1. The molecule has 0 aliphatic carbocycles. The Balaban J connectivity index is 1.94. The van der Waals surface area contributed by atoms with E-state index in [-0.39, 0.29) is 5.91 Å². The molecule has 1 amide bonds. The molecule has 1 heterocycles. The van der Waals surface area contributed by atoms with E-state index in [1.807, 2.05) is 12.1 Å². The number of aromatic nitrogens is 1. The third-order valence-electron chi connectivity index (χ3n) is 2.83. The largest absolute Gasteiger partial charge is 0.417 e. The van der Waals surface area contributed by atoms with Gasteiger partial charge in [0.15, 0.2) is 5.58 Å². The highest BCUT2D eigenvalue weighted by Crippen LogP contribution is 2.13. The lowest BCUT2D eigenvalue weighted by atomic mass is 10.1. The summed E-state index contributed by atoms with van der Waals surface area (Å²) in [7, 11) is 0. The highest BCUT2D eigenvalue weighted by molar-refractivity contribution is 5.77. The Kier molecular flexibility index (Phi) is 4.04. The normalized spacial score (nSPS) is 11.1. The maximum Gasteiger partial charge on any atom is 0.417 e. The predicted octanol–water partition coefficient (Wildman–Crippen LogP) is 1.83. The molecule has 2 rings (SSSR count). The van der Waals surface area contributed by atoms with Gasteiger partial charge in [-0.15, -0.1) is 0 Å². The summed E-state index contributed by atoms with van der Waals surface area (Å²) in [5.74, 6) is 0.0487. The van der Waals surface area contributed by atoms with Crippen molar-refractivity contribution in [3.8, 4) is 0 Å². The molecule has 1 aromatic heterocycles. The lowest BCUT2D eigenvalue weighted by Gasteiger charge is -2.07. The van der Waals surface area contributed by atoms with Crippen LogP contribution in [-0.2, 0) is 11.2 Å². The van der Waals surface area contributed by atoms with Crippen LogP contribution in [0.15, 0.2) is 27.4 Å². The number of hydrogen-bond donors (Lipinski definition) is 2. The van der Waals surface area contributed by atoms with Gasteiger partial charge in [-0.1, -0.05) is 19.9 Å². The molecule has 0 saturated heterocycles. The fourth-order valence-electron chi connectivity index (χ4n) is 1.82. The SMILES string of the molecule is CC(C)CNC(=O)CCc1ccc2oc(=O)[nH]c2c1. The number of oxazole rings is 1. The first kappa shape index (κ1) is 13.4. The fraction of sp³-hybridized carbons (Fsp3) is 0.429. The van der Waals surface area contributed by atoms with Gasteiger partial charge in [0.25, 0.3) is 0 Å². The van der Waals surface area contributed by atoms with Gasteiger partial charge in [0.1, 0.15) is 0 Å². The van der Waals surface area contributed by atoms with E-state index in [0.717, 1.165) is 5.56 Å². The quantitative estimate of drug-likeness (QED) is 0.863. The number of rotatable bonds is 5. The minimum absolute atomic E-state index is 0.0504. The molecule has 2 aromatic rings. The van der Waals surface area contributed by atoms with Crippen molar-refractivity contribution in [3.05, 3.63) is 34.3 Å². The van der Waals surface area contributed by atoms with Crippen LogP contribution in [0.1, 0.15) is 25.8 Å². The maximum atomic E-state index is 11.6. The summed E-state index contributed by atoms with van der Waals surface area (Å²) >= 11 is 0. The number of nitrogens with one attached hydrogen (secondary N) is 2. The molecule has 1 aromatic carbocycles. The predicted molar refractivity (Wildman–Crippen MR) is 73.0 cm³/mol. The standard InChI is InChI=1S/C14H18N2O3/c1-9(2)8-15-13(17)6-4-10-3-5-12-11(7-10)16-14(18)19-12/h3,5,7,9H,4,6,8H2,1-2H3,(H,15,17)(H,16,18). The molecule has 0 atom stereocenters. The zero-order chi connectivity index (χ0) is 13.8. The first-order valence-corrected chi connectivity index (χ1v) is 6.43. The van der Waals surface area contributed by atoms with Crippen molar-refractivity contribution >= 4 is 17.0 Å². The molecular formula is C14H18N2O3. The molecule has 0 bridgehead atoms. The van der Waals surface area contributed by atoms with Crippen LogP contribution in [-0.4, -0.2) is 17.4 Å². The van der Waals surface area contributed by atoms with Crippen molar-refractivity contribution in [2.24, 2.45) is 5.92 Å².